The maximum absolute atomic E-state index is 12.5. The van der Waals surface area contributed by atoms with Gasteiger partial charge in [0.15, 0.2) is 12.4 Å². The molecule has 0 saturated heterocycles. The van der Waals surface area contributed by atoms with E-state index in [2.05, 4.69) is 6.58 Å². The second-order valence-electron chi connectivity index (χ2n) is 5.57. The van der Waals surface area contributed by atoms with Gasteiger partial charge in [0.05, 0.1) is 11.1 Å². The van der Waals surface area contributed by atoms with E-state index < -0.39 is 24.3 Å². The SMILES string of the molecule is C=CCOc1ccc(C(=O)/C=C/c2cccc(C(=O)O)c2)c(OCC(=O)O)c1. The molecule has 0 radical (unpaired) electrons. The molecular weight excluding hydrogens is 364 g/mol. The molecule has 0 aliphatic heterocycles. The van der Waals surface area contributed by atoms with E-state index in [1.54, 1.807) is 24.3 Å². The monoisotopic (exact) mass is 382 g/mol. The second-order valence-corrected chi connectivity index (χ2v) is 5.57. The smallest absolute Gasteiger partial charge is 0.341 e. The number of carbonyl (C=O) groups excluding carboxylic acids is 1. The molecule has 0 saturated carbocycles. The average Bonchev–Trinajstić information content (AvgIpc) is 2.69. The number of carbonyl (C=O) groups is 3. The van der Waals surface area contributed by atoms with Gasteiger partial charge in [0.25, 0.3) is 0 Å². The molecule has 0 aliphatic rings. The van der Waals surface area contributed by atoms with Crippen LogP contribution in [-0.4, -0.2) is 41.1 Å². The topological polar surface area (TPSA) is 110 Å². The van der Waals surface area contributed by atoms with Gasteiger partial charge in [-0.2, -0.15) is 0 Å². The summed E-state index contributed by atoms with van der Waals surface area (Å²) < 4.78 is 10.6. The Kier molecular flexibility index (Phi) is 7.10. The van der Waals surface area contributed by atoms with E-state index in [1.807, 2.05) is 0 Å². The molecule has 0 fully saturated rings. The molecule has 28 heavy (non-hydrogen) atoms. The lowest BCUT2D eigenvalue weighted by Crippen LogP contribution is -2.12. The Morgan fingerprint density at radius 1 is 1.04 bits per heavy atom. The van der Waals surface area contributed by atoms with E-state index in [4.69, 9.17) is 19.7 Å². The minimum atomic E-state index is -1.18. The van der Waals surface area contributed by atoms with Crippen molar-refractivity contribution in [3.8, 4) is 11.5 Å². The molecule has 2 aromatic carbocycles. The van der Waals surface area contributed by atoms with Crippen LogP contribution in [0.4, 0.5) is 0 Å². The number of rotatable bonds is 10. The van der Waals surface area contributed by atoms with E-state index in [9.17, 15) is 14.4 Å². The average molecular weight is 382 g/mol. The number of carboxylic acid groups (broad SMARTS) is 2. The molecule has 0 aliphatic carbocycles. The number of benzene rings is 2. The molecule has 0 heterocycles. The molecule has 0 atom stereocenters. The molecule has 0 unspecified atom stereocenters. The molecule has 0 aromatic heterocycles. The van der Waals surface area contributed by atoms with Crippen LogP contribution in [0.25, 0.3) is 6.08 Å². The third-order valence-corrected chi connectivity index (χ3v) is 3.50. The normalized spacial score (nSPS) is 10.4. The van der Waals surface area contributed by atoms with Crippen LogP contribution in [0.15, 0.2) is 61.2 Å². The van der Waals surface area contributed by atoms with Crippen molar-refractivity contribution in [1.29, 1.82) is 0 Å². The van der Waals surface area contributed by atoms with Gasteiger partial charge in [-0.1, -0.05) is 30.9 Å². The molecule has 2 rings (SSSR count). The van der Waals surface area contributed by atoms with Gasteiger partial charge in [-0.25, -0.2) is 9.59 Å². The van der Waals surface area contributed by atoms with Gasteiger partial charge >= 0.3 is 11.9 Å². The van der Waals surface area contributed by atoms with Crippen molar-refractivity contribution in [3.63, 3.8) is 0 Å². The number of hydrogen-bond acceptors (Lipinski definition) is 5. The first-order valence-corrected chi connectivity index (χ1v) is 8.19. The van der Waals surface area contributed by atoms with Crippen molar-refractivity contribution in [2.24, 2.45) is 0 Å². The minimum absolute atomic E-state index is 0.0675. The van der Waals surface area contributed by atoms with Crippen molar-refractivity contribution in [2.45, 2.75) is 0 Å². The Hall–Kier alpha value is -3.87. The molecule has 7 nitrogen and oxygen atoms in total. The summed E-state index contributed by atoms with van der Waals surface area (Å²) in [5.74, 6) is -2.22. The zero-order valence-electron chi connectivity index (χ0n) is 14.8. The summed E-state index contributed by atoms with van der Waals surface area (Å²) in [5, 5.41) is 17.8. The molecular formula is C21H18O7. The fraction of sp³-hybridized carbons (Fsp3) is 0.0952. The van der Waals surface area contributed by atoms with Gasteiger partial charge in [0, 0.05) is 6.07 Å². The predicted molar refractivity (Wildman–Crippen MR) is 102 cm³/mol. The van der Waals surface area contributed by atoms with E-state index in [-0.39, 0.29) is 23.5 Å². The molecule has 0 amide bonds. The first-order chi connectivity index (χ1) is 13.4. The summed E-state index contributed by atoms with van der Waals surface area (Å²) >= 11 is 0. The van der Waals surface area contributed by atoms with E-state index in [1.165, 1.54) is 36.4 Å². The van der Waals surface area contributed by atoms with Crippen LogP contribution < -0.4 is 9.47 Å². The van der Waals surface area contributed by atoms with E-state index >= 15 is 0 Å². The number of ether oxygens (including phenoxy) is 2. The lowest BCUT2D eigenvalue weighted by molar-refractivity contribution is -0.139. The fourth-order valence-corrected chi connectivity index (χ4v) is 2.25. The highest BCUT2D eigenvalue weighted by Crippen LogP contribution is 2.26. The van der Waals surface area contributed by atoms with Crippen molar-refractivity contribution in [3.05, 3.63) is 77.9 Å². The molecule has 2 N–H and O–H groups in total. The van der Waals surface area contributed by atoms with Gasteiger partial charge in [-0.3, -0.25) is 4.79 Å². The van der Waals surface area contributed by atoms with E-state index in [0.717, 1.165) is 0 Å². The Morgan fingerprint density at radius 2 is 1.82 bits per heavy atom. The highest BCUT2D eigenvalue weighted by molar-refractivity contribution is 6.08. The quantitative estimate of drug-likeness (QED) is 0.368. The predicted octanol–water partition coefficient (Wildman–Crippen LogP) is 3.31. The highest BCUT2D eigenvalue weighted by Gasteiger charge is 2.13. The maximum atomic E-state index is 12.5. The van der Waals surface area contributed by atoms with Crippen LogP contribution >= 0.6 is 0 Å². The van der Waals surface area contributed by atoms with Crippen LogP contribution in [-0.2, 0) is 4.79 Å². The first kappa shape index (κ1) is 20.4. The van der Waals surface area contributed by atoms with Crippen molar-refractivity contribution >= 4 is 23.8 Å². The van der Waals surface area contributed by atoms with Crippen molar-refractivity contribution in [2.75, 3.05) is 13.2 Å². The van der Waals surface area contributed by atoms with Gasteiger partial charge in [0.2, 0.25) is 0 Å². The first-order valence-electron chi connectivity index (χ1n) is 8.19. The summed E-state index contributed by atoms with van der Waals surface area (Å²) in [7, 11) is 0. The molecule has 7 heteroatoms. The summed E-state index contributed by atoms with van der Waals surface area (Å²) in [6, 6.07) is 10.6. The van der Waals surface area contributed by atoms with Crippen LogP contribution in [0.1, 0.15) is 26.3 Å². The summed E-state index contributed by atoms with van der Waals surface area (Å²) in [4.78, 5) is 34.3. The molecule has 0 bridgehead atoms. The number of carboxylic acids is 2. The molecule has 144 valence electrons. The second kappa shape index (κ2) is 9.72. The number of hydrogen-bond donors (Lipinski definition) is 2. The highest BCUT2D eigenvalue weighted by atomic mass is 16.5. The van der Waals surface area contributed by atoms with Gasteiger partial charge in [-0.05, 0) is 35.9 Å². The fourth-order valence-electron chi connectivity index (χ4n) is 2.25. The number of aliphatic carboxylic acids is 1. The number of ketones is 1. The van der Waals surface area contributed by atoms with Crippen LogP contribution in [0.3, 0.4) is 0 Å². The third kappa shape index (κ3) is 5.84. The lowest BCUT2D eigenvalue weighted by Gasteiger charge is -2.11. The van der Waals surface area contributed by atoms with Crippen molar-refractivity contribution in [1.82, 2.24) is 0 Å². The minimum Gasteiger partial charge on any atom is -0.489 e. The zero-order chi connectivity index (χ0) is 20.5. The van der Waals surface area contributed by atoms with Crippen LogP contribution in [0.5, 0.6) is 11.5 Å². The van der Waals surface area contributed by atoms with Gasteiger partial charge < -0.3 is 19.7 Å². The molecule has 0 spiro atoms. The van der Waals surface area contributed by atoms with Gasteiger partial charge in [0.1, 0.15) is 18.1 Å². The Labute approximate surface area is 161 Å². The van der Waals surface area contributed by atoms with Crippen LogP contribution in [0, 0.1) is 0 Å². The Bertz CT molecular complexity index is 928. The summed E-state index contributed by atoms with van der Waals surface area (Å²) in [6.07, 6.45) is 4.27. The Balaban J connectivity index is 2.26. The zero-order valence-corrected chi connectivity index (χ0v) is 14.8. The Morgan fingerprint density at radius 3 is 2.50 bits per heavy atom. The summed E-state index contributed by atoms with van der Waals surface area (Å²) in [6.45, 7) is 3.17. The largest absolute Gasteiger partial charge is 0.489 e. The summed E-state index contributed by atoms with van der Waals surface area (Å²) in [5.41, 5.74) is 0.786. The maximum Gasteiger partial charge on any atom is 0.341 e. The van der Waals surface area contributed by atoms with Crippen LogP contribution in [0.2, 0.25) is 0 Å². The van der Waals surface area contributed by atoms with Crippen molar-refractivity contribution < 1.29 is 34.1 Å². The van der Waals surface area contributed by atoms with Gasteiger partial charge in [-0.15, -0.1) is 0 Å². The third-order valence-electron chi connectivity index (χ3n) is 3.50. The lowest BCUT2D eigenvalue weighted by atomic mass is 10.1. The van der Waals surface area contributed by atoms with E-state index in [0.29, 0.717) is 11.3 Å². The number of aromatic carboxylic acids is 1. The molecule has 2 aromatic rings. The standard InChI is InChI=1S/C21H18O7/c1-2-10-27-16-7-8-17(19(12-16)28-13-20(23)24)18(22)9-6-14-4-3-5-15(11-14)21(25)26/h2-9,11-12H,1,10,13H2,(H,23,24)(H,25,26)/b9-6+. The number of allylic oxidation sites excluding steroid dienone is 1.